The highest BCUT2D eigenvalue weighted by molar-refractivity contribution is 5.65. The zero-order valence-electron chi connectivity index (χ0n) is 9.48. The first-order valence-electron chi connectivity index (χ1n) is 5.39. The number of hydrogen-bond donors (Lipinski definition) is 1. The summed E-state index contributed by atoms with van der Waals surface area (Å²) in [4.78, 5) is 0. The molecule has 2 rings (SSSR count). The predicted octanol–water partition coefficient (Wildman–Crippen LogP) is 3.08. The maximum absolute atomic E-state index is 12.1. The third kappa shape index (κ3) is 3.26. The second-order valence-corrected chi connectivity index (χ2v) is 3.98. The molecule has 0 radical (unpaired) electrons. The fourth-order valence-corrected chi connectivity index (χ4v) is 1.59. The van der Waals surface area contributed by atoms with Crippen molar-refractivity contribution in [1.82, 2.24) is 9.78 Å². The number of anilines is 1. The average Bonchev–Trinajstić information content (AvgIpc) is 2.74. The largest absolute Gasteiger partial charge is 0.399 e. The van der Waals surface area contributed by atoms with Crippen molar-refractivity contribution >= 4 is 5.69 Å². The highest BCUT2D eigenvalue weighted by atomic mass is 19.4. The monoisotopic (exact) mass is 255 g/mol. The van der Waals surface area contributed by atoms with Gasteiger partial charge in [0, 0.05) is 24.0 Å². The van der Waals surface area contributed by atoms with Crippen molar-refractivity contribution in [1.29, 1.82) is 0 Å². The molecule has 6 heteroatoms. The van der Waals surface area contributed by atoms with Gasteiger partial charge in [-0.25, -0.2) is 0 Å². The molecule has 0 amide bonds. The van der Waals surface area contributed by atoms with Gasteiger partial charge in [0.05, 0.1) is 12.6 Å². The first-order valence-corrected chi connectivity index (χ1v) is 5.39. The van der Waals surface area contributed by atoms with Crippen molar-refractivity contribution < 1.29 is 13.2 Å². The topological polar surface area (TPSA) is 43.8 Å². The second-order valence-electron chi connectivity index (χ2n) is 3.98. The van der Waals surface area contributed by atoms with E-state index in [1.54, 1.807) is 24.4 Å². The summed E-state index contributed by atoms with van der Waals surface area (Å²) in [5, 5.41) is 3.90. The summed E-state index contributed by atoms with van der Waals surface area (Å²) in [7, 11) is 0. The molecule has 0 bridgehead atoms. The van der Waals surface area contributed by atoms with Gasteiger partial charge in [0.2, 0.25) is 0 Å². The SMILES string of the molecule is Nc1cccc(-c2cnn(CCC(F)(F)F)c2)c1. The molecule has 3 nitrogen and oxygen atoms in total. The Bertz CT molecular complexity index is 531. The molecule has 0 aliphatic heterocycles. The Morgan fingerprint density at radius 1 is 1.22 bits per heavy atom. The van der Waals surface area contributed by atoms with E-state index in [4.69, 9.17) is 5.73 Å². The summed E-state index contributed by atoms with van der Waals surface area (Å²) in [5.74, 6) is 0. The van der Waals surface area contributed by atoms with E-state index >= 15 is 0 Å². The number of halogens is 3. The lowest BCUT2D eigenvalue weighted by Gasteiger charge is -2.05. The van der Waals surface area contributed by atoms with Gasteiger partial charge in [0.25, 0.3) is 0 Å². The van der Waals surface area contributed by atoms with Crippen LogP contribution in [0.3, 0.4) is 0 Å². The van der Waals surface area contributed by atoms with Crippen LogP contribution in [0.4, 0.5) is 18.9 Å². The minimum atomic E-state index is -4.16. The number of nitrogen functional groups attached to an aromatic ring is 1. The van der Waals surface area contributed by atoms with Crippen LogP contribution in [0.5, 0.6) is 0 Å². The summed E-state index contributed by atoms with van der Waals surface area (Å²) in [6.07, 6.45) is -1.93. The van der Waals surface area contributed by atoms with Crippen molar-refractivity contribution in [2.75, 3.05) is 5.73 Å². The Kier molecular flexibility index (Phi) is 3.27. The smallest absolute Gasteiger partial charge is 0.390 e. The molecule has 0 unspecified atom stereocenters. The predicted molar refractivity (Wildman–Crippen MR) is 62.7 cm³/mol. The molecule has 18 heavy (non-hydrogen) atoms. The molecule has 0 aliphatic carbocycles. The van der Waals surface area contributed by atoms with Gasteiger partial charge in [-0.2, -0.15) is 18.3 Å². The Balaban J connectivity index is 2.11. The lowest BCUT2D eigenvalue weighted by Crippen LogP contribution is -2.12. The Morgan fingerprint density at radius 2 is 2.00 bits per heavy atom. The van der Waals surface area contributed by atoms with Crippen LogP contribution in [0.2, 0.25) is 0 Å². The minimum absolute atomic E-state index is 0.175. The van der Waals surface area contributed by atoms with Crippen LogP contribution in [0.15, 0.2) is 36.7 Å². The van der Waals surface area contributed by atoms with Crippen LogP contribution in [0, 0.1) is 0 Å². The van der Waals surface area contributed by atoms with Gasteiger partial charge < -0.3 is 5.73 Å². The van der Waals surface area contributed by atoms with Gasteiger partial charge >= 0.3 is 6.18 Å². The van der Waals surface area contributed by atoms with E-state index in [0.29, 0.717) is 5.69 Å². The standard InChI is InChI=1S/C12H12F3N3/c13-12(14,15)4-5-18-8-10(7-17-18)9-2-1-3-11(16)6-9/h1-3,6-8H,4-5,16H2. The molecular formula is C12H12F3N3. The van der Waals surface area contributed by atoms with Crippen molar-refractivity contribution in [2.45, 2.75) is 19.1 Å². The van der Waals surface area contributed by atoms with Crippen LogP contribution in [-0.4, -0.2) is 16.0 Å². The fourth-order valence-electron chi connectivity index (χ4n) is 1.59. The molecule has 0 saturated heterocycles. The molecule has 0 saturated carbocycles. The van der Waals surface area contributed by atoms with E-state index in [-0.39, 0.29) is 6.54 Å². The molecular weight excluding hydrogens is 243 g/mol. The molecule has 1 aromatic carbocycles. The van der Waals surface area contributed by atoms with Gasteiger partial charge in [-0.3, -0.25) is 4.68 Å². The van der Waals surface area contributed by atoms with Gasteiger partial charge in [-0.1, -0.05) is 12.1 Å². The van der Waals surface area contributed by atoms with Crippen LogP contribution in [-0.2, 0) is 6.54 Å². The maximum Gasteiger partial charge on any atom is 0.390 e. The van der Waals surface area contributed by atoms with Gasteiger partial charge in [-0.15, -0.1) is 0 Å². The molecule has 1 aromatic heterocycles. The summed E-state index contributed by atoms with van der Waals surface area (Å²) in [5.41, 5.74) is 7.84. The highest BCUT2D eigenvalue weighted by Crippen LogP contribution is 2.23. The van der Waals surface area contributed by atoms with Crippen LogP contribution >= 0.6 is 0 Å². The Labute approximate surface area is 102 Å². The van der Waals surface area contributed by atoms with Crippen LogP contribution in [0.25, 0.3) is 11.1 Å². The molecule has 0 fully saturated rings. The maximum atomic E-state index is 12.1. The van der Waals surface area contributed by atoms with Crippen LogP contribution in [0.1, 0.15) is 6.42 Å². The molecule has 96 valence electrons. The number of nitrogens with two attached hydrogens (primary N) is 1. The minimum Gasteiger partial charge on any atom is -0.399 e. The second kappa shape index (κ2) is 4.72. The molecule has 2 N–H and O–H groups in total. The van der Waals surface area contributed by atoms with Gasteiger partial charge in [0.1, 0.15) is 0 Å². The normalized spacial score (nSPS) is 11.7. The van der Waals surface area contributed by atoms with E-state index < -0.39 is 12.6 Å². The molecule has 1 heterocycles. The third-order valence-electron chi connectivity index (χ3n) is 2.48. The Hall–Kier alpha value is -1.98. The summed E-state index contributed by atoms with van der Waals surface area (Å²) in [6, 6.07) is 7.13. The first-order chi connectivity index (χ1) is 8.44. The average molecular weight is 255 g/mol. The van der Waals surface area contributed by atoms with E-state index in [1.165, 1.54) is 10.9 Å². The van der Waals surface area contributed by atoms with E-state index in [2.05, 4.69) is 5.10 Å². The number of nitrogens with zero attached hydrogens (tertiary/aromatic N) is 2. The molecule has 2 aromatic rings. The highest BCUT2D eigenvalue weighted by Gasteiger charge is 2.26. The lowest BCUT2D eigenvalue weighted by atomic mass is 10.1. The third-order valence-corrected chi connectivity index (χ3v) is 2.48. The molecule has 0 atom stereocenters. The zero-order valence-corrected chi connectivity index (χ0v) is 9.48. The van der Waals surface area contributed by atoms with E-state index in [1.807, 2.05) is 6.07 Å². The lowest BCUT2D eigenvalue weighted by molar-refractivity contribution is -0.137. The quantitative estimate of drug-likeness (QED) is 0.856. The van der Waals surface area contributed by atoms with Gasteiger partial charge in [0.15, 0.2) is 0 Å². The van der Waals surface area contributed by atoms with E-state index in [9.17, 15) is 13.2 Å². The summed E-state index contributed by atoms with van der Waals surface area (Å²) in [6.45, 7) is -0.175. The van der Waals surface area contributed by atoms with Gasteiger partial charge in [-0.05, 0) is 17.7 Å². The number of aromatic nitrogens is 2. The van der Waals surface area contributed by atoms with Crippen molar-refractivity contribution in [2.24, 2.45) is 0 Å². The number of aryl methyl sites for hydroxylation is 1. The number of rotatable bonds is 3. The van der Waals surface area contributed by atoms with Crippen molar-refractivity contribution in [3.8, 4) is 11.1 Å². The van der Waals surface area contributed by atoms with Crippen molar-refractivity contribution in [3.05, 3.63) is 36.7 Å². The zero-order chi connectivity index (χ0) is 13.2. The van der Waals surface area contributed by atoms with Crippen molar-refractivity contribution in [3.63, 3.8) is 0 Å². The van der Waals surface area contributed by atoms with E-state index in [0.717, 1.165) is 11.1 Å². The Morgan fingerprint density at radius 3 is 2.67 bits per heavy atom. The number of alkyl halides is 3. The summed E-state index contributed by atoms with van der Waals surface area (Å²) >= 11 is 0. The fraction of sp³-hybridized carbons (Fsp3) is 0.250. The molecule has 0 spiro atoms. The van der Waals surface area contributed by atoms with Crippen LogP contribution < -0.4 is 5.73 Å². The first kappa shape index (κ1) is 12.5. The number of benzene rings is 1. The summed E-state index contributed by atoms with van der Waals surface area (Å²) < 4.78 is 37.5. The molecule has 0 aliphatic rings. The number of hydrogen-bond acceptors (Lipinski definition) is 2.